The summed E-state index contributed by atoms with van der Waals surface area (Å²) in [5.41, 5.74) is 7.15. The smallest absolute Gasteiger partial charge is 0.407 e. The molecule has 2 saturated heterocycles. The summed E-state index contributed by atoms with van der Waals surface area (Å²) < 4.78 is 4.74. The zero-order valence-corrected chi connectivity index (χ0v) is 33.7. The normalized spacial score (nSPS) is 21.1. The molecule has 3 aliphatic rings. The molecule has 4 heterocycles. The van der Waals surface area contributed by atoms with E-state index in [-0.39, 0.29) is 41.9 Å². The lowest BCUT2D eigenvalue weighted by molar-refractivity contribution is -0.138. The van der Waals surface area contributed by atoms with Gasteiger partial charge in [-0.3, -0.25) is 14.5 Å². The minimum Gasteiger partial charge on any atom is -0.453 e. The molecule has 0 bridgehead atoms. The van der Waals surface area contributed by atoms with Crippen LogP contribution >= 0.6 is 0 Å². The zero-order chi connectivity index (χ0) is 40.2. The number of hydrogen-bond acceptors (Lipinski definition) is 7. The fourth-order valence-corrected chi connectivity index (χ4v) is 9.31. The second-order valence-electron chi connectivity index (χ2n) is 15.8. The van der Waals surface area contributed by atoms with E-state index in [1.165, 1.54) is 7.11 Å². The number of rotatable bonds is 12. The summed E-state index contributed by atoms with van der Waals surface area (Å²) in [6, 6.07) is 26.5. The van der Waals surface area contributed by atoms with Crippen molar-refractivity contribution in [2.24, 2.45) is 5.92 Å². The van der Waals surface area contributed by atoms with Gasteiger partial charge in [0, 0.05) is 25.0 Å². The Bertz CT molecular complexity index is 2180. The predicted octanol–water partition coefficient (Wildman–Crippen LogP) is 8.07. The maximum absolute atomic E-state index is 14.2. The van der Waals surface area contributed by atoms with Crippen molar-refractivity contribution in [3.63, 3.8) is 0 Å². The van der Waals surface area contributed by atoms with Crippen molar-refractivity contribution in [2.45, 2.75) is 83.0 Å². The number of aromatic nitrogens is 4. The Hall–Kier alpha value is -5.75. The Balaban J connectivity index is 0.906. The van der Waals surface area contributed by atoms with Gasteiger partial charge in [-0.25, -0.2) is 14.8 Å². The molecule has 3 amide bonds. The molecule has 8 rings (SSSR count). The van der Waals surface area contributed by atoms with Gasteiger partial charge < -0.3 is 29.8 Å². The Labute approximate surface area is 340 Å². The molecule has 2 aromatic heterocycles. The first-order chi connectivity index (χ1) is 28.3. The number of alkyl carbamates (subject to hydrolysis) is 1. The van der Waals surface area contributed by atoms with Crippen LogP contribution in [0.15, 0.2) is 91.3 Å². The van der Waals surface area contributed by atoms with Crippen molar-refractivity contribution >= 4 is 17.9 Å². The number of nitrogens with zero attached hydrogens (tertiary/aromatic N) is 5. The molecular formula is C46H54N8O4. The molecule has 3 fully saturated rings. The number of carbonyl (C=O) groups excluding carboxylic acids is 3. The Morgan fingerprint density at radius 1 is 0.741 bits per heavy atom. The molecule has 0 radical (unpaired) electrons. The van der Waals surface area contributed by atoms with E-state index in [0.29, 0.717) is 13.0 Å². The van der Waals surface area contributed by atoms with Gasteiger partial charge in [0.15, 0.2) is 0 Å². The molecule has 302 valence electrons. The van der Waals surface area contributed by atoms with E-state index < -0.39 is 6.09 Å². The van der Waals surface area contributed by atoms with Crippen molar-refractivity contribution in [1.82, 2.24) is 40.0 Å². The first kappa shape index (κ1) is 39.1. The molecule has 12 nitrogen and oxygen atoms in total. The van der Waals surface area contributed by atoms with Gasteiger partial charge in [-0.2, -0.15) is 0 Å². The topological polar surface area (TPSA) is 140 Å². The largest absolute Gasteiger partial charge is 0.453 e. The molecule has 5 aromatic rings. The first-order valence-corrected chi connectivity index (χ1v) is 20.9. The van der Waals surface area contributed by atoms with E-state index in [4.69, 9.17) is 14.7 Å². The summed E-state index contributed by atoms with van der Waals surface area (Å²) in [5.74, 6) is 1.82. The van der Waals surface area contributed by atoms with Crippen LogP contribution in [-0.4, -0.2) is 91.9 Å². The first-order valence-electron chi connectivity index (χ1n) is 20.9. The average Bonchev–Trinajstić information content (AvgIpc) is 4.12. The molecule has 1 aliphatic carbocycles. The number of likely N-dealkylation sites (N-methyl/N-ethyl adjacent to an activating group) is 1. The molecule has 0 spiro atoms. The summed E-state index contributed by atoms with van der Waals surface area (Å²) in [4.78, 5) is 62.4. The van der Waals surface area contributed by atoms with Crippen LogP contribution in [0.4, 0.5) is 4.79 Å². The number of amides is 3. The van der Waals surface area contributed by atoms with Gasteiger partial charge in [0.05, 0.1) is 43.0 Å². The number of likely N-dealkylation sites (tertiary alicyclic amines) is 2. The number of benzene rings is 3. The van der Waals surface area contributed by atoms with Crippen molar-refractivity contribution in [1.29, 1.82) is 0 Å². The van der Waals surface area contributed by atoms with E-state index in [1.807, 2.05) is 40.4 Å². The van der Waals surface area contributed by atoms with Gasteiger partial charge in [0.2, 0.25) is 11.8 Å². The lowest BCUT2D eigenvalue weighted by atomic mass is 10.0. The SMILES string of the molecule is CCN(CC)C(C(=O)N1CCC[C@H]1c1ncc(-c2ccc(-c3ccc(-c4cnc([C@@H]5CCCN5C(=O)[C@@H]5CC[C@H](NC(=O)OC)C5)[nH]4)cc3)cc2)[nH]1)c1ccccc1. The summed E-state index contributed by atoms with van der Waals surface area (Å²) in [7, 11) is 1.36. The fraction of sp³-hybridized carbons (Fsp3) is 0.413. The molecular weight excluding hydrogens is 729 g/mol. The highest BCUT2D eigenvalue weighted by atomic mass is 16.5. The van der Waals surface area contributed by atoms with Crippen molar-refractivity contribution in [2.75, 3.05) is 33.3 Å². The fourth-order valence-electron chi connectivity index (χ4n) is 9.31. The number of imidazole rings is 2. The third kappa shape index (κ3) is 8.02. The van der Waals surface area contributed by atoms with Crippen LogP contribution < -0.4 is 5.32 Å². The quantitative estimate of drug-likeness (QED) is 0.116. The Kier molecular flexibility index (Phi) is 11.7. The van der Waals surface area contributed by atoms with Gasteiger partial charge >= 0.3 is 6.09 Å². The molecule has 12 heteroatoms. The Morgan fingerprint density at radius 3 is 1.83 bits per heavy atom. The van der Waals surface area contributed by atoms with Crippen molar-refractivity contribution in [3.05, 3.63) is 108 Å². The van der Waals surface area contributed by atoms with Gasteiger partial charge in [-0.05, 0) is 85.9 Å². The van der Waals surface area contributed by atoms with E-state index in [9.17, 15) is 14.4 Å². The zero-order valence-electron chi connectivity index (χ0n) is 33.7. The van der Waals surface area contributed by atoms with Gasteiger partial charge in [-0.1, -0.05) is 92.7 Å². The summed E-state index contributed by atoms with van der Waals surface area (Å²) in [6.07, 6.45) is 9.10. The van der Waals surface area contributed by atoms with E-state index >= 15 is 0 Å². The van der Waals surface area contributed by atoms with Crippen LogP contribution in [0.5, 0.6) is 0 Å². The van der Waals surface area contributed by atoms with Crippen LogP contribution in [0.2, 0.25) is 0 Å². The second-order valence-corrected chi connectivity index (χ2v) is 15.8. The van der Waals surface area contributed by atoms with Crippen LogP contribution in [0.1, 0.15) is 94.1 Å². The highest BCUT2D eigenvalue weighted by molar-refractivity contribution is 5.84. The highest BCUT2D eigenvalue weighted by Gasteiger charge is 2.40. The Morgan fingerprint density at radius 2 is 1.28 bits per heavy atom. The van der Waals surface area contributed by atoms with Crippen LogP contribution in [-0.2, 0) is 14.3 Å². The lowest BCUT2D eigenvalue weighted by Crippen LogP contribution is -2.43. The molecule has 58 heavy (non-hydrogen) atoms. The predicted molar refractivity (Wildman–Crippen MR) is 223 cm³/mol. The molecule has 1 saturated carbocycles. The van der Waals surface area contributed by atoms with E-state index in [1.54, 1.807) is 0 Å². The summed E-state index contributed by atoms with van der Waals surface area (Å²) >= 11 is 0. The maximum atomic E-state index is 14.2. The number of methoxy groups -OCH3 is 1. The average molecular weight is 783 g/mol. The third-order valence-electron chi connectivity index (χ3n) is 12.4. The molecule has 3 N–H and O–H groups in total. The van der Waals surface area contributed by atoms with Gasteiger partial charge in [-0.15, -0.1) is 0 Å². The summed E-state index contributed by atoms with van der Waals surface area (Å²) in [5, 5.41) is 2.85. The minimum atomic E-state index is -0.447. The monoisotopic (exact) mass is 782 g/mol. The van der Waals surface area contributed by atoms with Crippen LogP contribution in [0.25, 0.3) is 33.6 Å². The number of aromatic amines is 2. The van der Waals surface area contributed by atoms with Crippen LogP contribution in [0, 0.1) is 5.92 Å². The summed E-state index contributed by atoms with van der Waals surface area (Å²) in [6.45, 7) is 7.25. The number of ether oxygens (including phenoxy) is 1. The number of carbonyl (C=O) groups is 3. The van der Waals surface area contributed by atoms with Gasteiger partial charge in [0.25, 0.3) is 0 Å². The lowest BCUT2D eigenvalue weighted by Gasteiger charge is -2.34. The standard InChI is InChI=1S/C46H54N8O4/c1-4-52(5-2)41(34-11-7-6-8-12-34)45(56)54-26-10-14-40(54)43-48-29-38(51-43)33-21-17-31(18-22-33)30-15-19-32(20-16-30)37-28-47-42(50-37)39-13-9-25-53(39)44(55)35-23-24-36(27-35)49-46(57)58-3/h6-8,11-12,15-22,28-29,35-36,39-41H,4-5,9-10,13-14,23-27H2,1-3H3,(H,47,50)(H,48,51)(H,49,57)/t35-,36+,39+,40+,41?/m1/s1. The maximum Gasteiger partial charge on any atom is 0.407 e. The van der Waals surface area contributed by atoms with E-state index in [2.05, 4.69) is 94.7 Å². The van der Waals surface area contributed by atoms with E-state index in [0.717, 1.165) is 109 Å². The molecule has 5 atom stereocenters. The van der Waals surface area contributed by atoms with Gasteiger partial charge in [0.1, 0.15) is 17.7 Å². The molecule has 2 aliphatic heterocycles. The number of hydrogen-bond donors (Lipinski definition) is 3. The van der Waals surface area contributed by atoms with Crippen molar-refractivity contribution < 1.29 is 19.1 Å². The minimum absolute atomic E-state index is 0.0346. The number of nitrogens with one attached hydrogen (secondary N) is 3. The third-order valence-corrected chi connectivity index (χ3v) is 12.4. The molecule has 3 aromatic carbocycles. The van der Waals surface area contributed by atoms with Crippen molar-refractivity contribution in [3.8, 4) is 33.6 Å². The molecule has 1 unspecified atom stereocenters. The van der Waals surface area contributed by atoms with Crippen LogP contribution in [0.3, 0.4) is 0 Å². The second kappa shape index (κ2) is 17.4. The highest BCUT2D eigenvalue weighted by Crippen LogP contribution is 2.38. The number of H-pyrrole nitrogens is 2.